The summed E-state index contributed by atoms with van der Waals surface area (Å²) in [5, 5.41) is 0. The summed E-state index contributed by atoms with van der Waals surface area (Å²) in [7, 11) is 2.01. The van der Waals surface area contributed by atoms with Gasteiger partial charge in [-0.2, -0.15) is 0 Å². The van der Waals surface area contributed by atoms with E-state index in [-0.39, 0.29) is 0 Å². The van der Waals surface area contributed by atoms with Crippen LogP contribution in [-0.4, -0.2) is 17.8 Å². The molecule has 0 spiro atoms. The Morgan fingerprint density at radius 3 is 2.20 bits per heavy atom. The Balaban J connectivity index is 3.31. The zero-order chi connectivity index (χ0) is 7.72. The zero-order valence-corrected chi connectivity index (χ0v) is 6.89. The molecule has 0 fully saturated rings. The lowest BCUT2D eigenvalue weighted by atomic mass is 9.98. The molecule has 3 heteroatoms. The molecule has 0 saturated heterocycles. The molecule has 0 aliphatic rings. The van der Waals surface area contributed by atoms with Gasteiger partial charge in [-0.3, -0.25) is 0 Å². The second kappa shape index (κ2) is 2.41. The molecule has 2 nitrogen and oxygen atoms in total. The molecule has 0 aliphatic carbocycles. The van der Waals surface area contributed by atoms with Crippen LogP contribution in [0.2, 0.25) is 0 Å². The summed E-state index contributed by atoms with van der Waals surface area (Å²) in [5.41, 5.74) is 3.38. The Morgan fingerprint density at radius 1 is 1.10 bits per heavy atom. The van der Waals surface area contributed by atoms with Gasteiger partial charge in [0.25, 0.3) is 0 Å². The van der Waals surface area contributed by atoms with Crippen LogP contribution in [0.1, 0.15) is 17.1 Å². The molecule has 0 unspecified atom stereocenters. The summed E-state index contributed by atoms with van der Waals surface area (Å²) in [6, 6.07) is 0. The molecule has 0 saturated carbocycles. The van der Waals surface area contributed by atoms with Gasteiger partial charge in [0.2, 0.25) is 0 Å². The van der Waals surface area contributed by atoms with Crippen molar-refractivity contribution in [3.63, 3.8) is 0 Å². The lowest BCUT2D eigenvalue weighted by Gasteiger charge is -2.02. The number of hydrogen-bond donors (Lipinski definition) is 0. The van der Waals surface area contributed by atoms with Gasteiger partial charge >= 0.3 is 0 Å². The van der Waals surface area contributed by atoms with Crippen LogP contribution in [0.4, 0.5) is 0 Å². The van der Waals surface area contributed by atoms with Gasteiger partial charge in [-0.15, -0.1) is 0 Å². The van der Waals surface area contributed by atoms with E-state index in [9.17, 15) is 0 Å². The van der Waals surface area contributed by atoms with E-state index in [4.69, 9.17) is 0 Å². The fourth-order valence-electron chi connectivity index (χ4n) is 0.940. The van der Waals surface area contributed by atoms with Gasteiger partial charge in [0.05, 0.1) is 0 Å². The second-order valence-corrected chi connectivity index (χ2v) is 2.57. The molecule has 0 radical (unpaired) electrons. The van der Waals surface area contributed by atoms with Gasteiger partial charge in [-0.1, -0.05) is 0 Å². The normalized spacial score (nSPS) is 9.90. The first-order valence-corrected chi connectivity index (χ1v) is 3.39. The SMILES string of the molecule is Bc1nc(C)nc(C)c1C. The van der Waals surface area contributed by atoms with E-state index in [0.29, 0.717) is 0 Å². The number of rotatable bonds is 0. The van der Waals surface area contributed by atoms with Crippen LogP contribution in [0.5, 0.6) is 0 Å². The molecule has 52 valence electrons. The average Bonchev–Trinajstić information content (AvgIpc) is 1.82. The number of hydrogen-bond acceptors (Lipinski definition) is 2. The minimum atomic E-state index is 0.862. The standard InChI is InChI=1S/C7H11BN2/c1-4-5(2)9-6(3)10-7(4)8/h8H2,1-3H3. The number of aromatic nitrogens is 2. The first-order chi connectivity index (χ1) is 4.61. The van der Waals surface area contributed by atoms with Crippen LogP contribution >= 0.6 is 0 Å². The summed E-state index contributed by atoms with van der Waals surface area (Å²) >= 11 is 0. The highest BCUT2D eigenvalue weighted by Gasteiger charge is 1.98. The van der Waals surface area contributed by atoms with Crippen molar-refractivity contribution in [2.45, 2.75) is 20.8 Å². The lowest BCUT2D eigenvalue weighted by Crippen LogP contribution is -2.16. The third-order valence-electron chi connectivity index (χ3n) is 1.74. The molecule has 0 aliphatic heterocycles. The highest BCUT2D eigenvalue weighted by Crippen LogP contribution is 1.96. The van der Waals surface area contributed by atoms with E-state index >= 15 is 0 Å². The monoisotopic (exact) mass is 134 g/mol. The van der Waals surface area contributed by atoms with Crippen LogP contribution in [0.25, 0.3) is 0 Å². The third kappa shape index (κ3) is 1.18. The van der Waals surface area contributed by atoms with Crippen LogP contribution < -0.4 is 5.59 Å². The van der Waals surface area contributed by atoms with E-state index in [1.807, 2.05) is 28.6 Å². The molecule has 0 amide bonds. The molecule has 0 atom stereocenters. The Morgan fingerprint density at radius 2 is 1.70 bits per heavy atom. The quantitative estimate of drug-likeness (QED) is 0.453. The molecule has 1 rings (SSSR count). The maximum atomic E-state index is 4.22. The molecular formula is C7H11BN2. The lowest BCUT2D eigenvalue weighted by molar-refractivity contribution is 1.01. The fourth-order valence-corrected chi connectivity index (χ4v) is 0.940. The van der Waals surface area contributed by atoms with Gasteiger partial charge in [0.15, 0.2) is 7.85 Å². The maximum absolute atomic E-state index is 4.22. The van der Waals surface area contributed by atoms with Crippen molar-refractivity contribution in [3.05, 3.63) is 17.1 Å². The van der Waals surface area contributed by atoms with Crippen molar-refractivity contribution in [1.82, 2.24) is 9.97 Å². The van der Waals surface area contributed by atoms with Crippen LogP contribution in [0.15, 0.2) is 0 Å². The van der Waals surface area contributed by atoms with Crippen LogP contribution in [-0.2, 0) is 0 Å². The highest BCUT2D eigenvalue weighted by atomic mass is 14.9. The molecule has 0 N–H and O–H groups in total. The second-order valence-electron chi connectivity index (χ2n) is 2.57. The summed E-state index contributed by atoms with van der Waals surface area (Å²) in [6.07, 6.45) is 0. The van der Waals surface area contributed by atoms with E-state index in [0.717, 1.165) is 17.1 Å². The Kier molecular flexibility index (Phi) is 1.75. The molecular weight excluding hydrogens is 123 g/mol. The topological polar surface area (TPSA) is 25.8 Å². The van der Waals surface area contributed by atoms with Gasteiger partial charge in [0.1, 0.15) is 5.82 Å². The summed E-state index contributed by atoms with van der Waals surface area (Å²) in [4.78, 5) is 8.45. The van der Waals surface area contributed by atoms with Crippen molar-refractivity contribution in [3.8, 4) is 0 Å². The van der Waals surface area contributed by atoms with Gasteiger partial charge in [-0.05, 0) is 26.3 Å². The first kappa shape index (κ1) is 7.25. The van der Waals surface area contributed by atoms with E-state index < -0.39 is 0 Å². The van der Waals surface area contributed by atoms with Crippen molar-refractivity contribution in [1.29, 1.82) is 0 Å². The third-order valence-corrected chi connectivity index (χ3v) is 1.74. The summed E-state index contributed by atoms with van der Waals surface area (Å²) in [5.74, 6) is 0.862. The van der Waals surface area contributed by atoms with Crippen molar-refractivity contribution in [2.24, 2.45) is 0 Å². The largest absolute Gasteiger partial charge is 0.249 e. The number of nitrogens with zero attached hydrogens (tertiary/aromatic N) is 2. The molecule has 0 bridgehead atoms. The van der Waals surface area contributed by atoms with Crippen molar-refractivity contribution in [2.75, 3.05) is 0 Å². The van der Waals surface area contributed by atoms with E-state index in [1.54, 1.807) is 0 Å². The molecule has 1 aromatic heterocycles. The van der Waals surface area contributed by atoms with Crippen molar-refractivity contribution >= 4 is 13.4 Å². The van der Waals surface area contributed by atoms with Gasteiger partial charge < -0.3 is 0 Å². The summed E-state index contributed by atoms with van der Waals surface area (Å²) < 4.78 is 0. The smallest absolute Gasteiger partial charge is 0.164 e. The Labute approximate surface area is 62.1 Å². The first-order valence-electron chi connectivity index (χ1n) is 3.39. The van der Waals surface area contributed by atoms with Gasteiger partial charge in [0, 0.05) is 11.3 Å². The fraction of sp³-hybridized carbons (Fsp3) is 0.429. The maximum Gasteiger partial charge on any atom is 0.164 e. The van der Waals surface area contributed by atoms with Crippen LogP contribution in [0, 0.1) is 20.8 Å². The predicted molar refractivity (Wildman–Crippen MR) is 44.4 cm³/mol. The number of aryl methyl sites for hydroxylation is 2. The molecule has 1 aromatic rings. The van der Waals surface area contributed by atoms with Crippen LogP contribution in [0.3, 0.4) is 0 Å². The van der Waals surface area contributed by atoms with E-state index in [2.05, 4.69) is 9.97 Å². The molecule has 1 heterocycles. The Bertz CT molecular complexity index is 235. The average molecular weight is 134 g/mol. The predicted octanol–water partition coefficient (Wildman–Crippen LogP) is -0.340. The minimum absolute atomic E-state index is 0.862. The van der Waals surface area contributed by atoms with Crippen molar-refractivity contribution < 1.29 is 0 Å². The van der Waals surface area contributed by atoms with Gasteiger partial charge in [-0.25, -0.2) is 9.97 Å². The van der Waals surface area contributed by atoms with E-state index in [1.165, 1.54) is 5.56 Å². The Hall–Kier alpha value is -0.855. The zero-order valence-electron chi connectivity index (χ0n) is 6.89. The minimum Gasteiger partial charge on any atom is -0.249 e. The molecule has 0 aromatic carbocycles. The highest BCUT2D eigenvalue weighted by molar-refractivity contribution is 6.31. The summed E-state index contributed by atoms with van der Waals surface area (Å²) in [6.45, 7) is 5.97. The molecule has 10 heavy (non-hydrogen) atoms.